The van der Waals surface area contributed by atoms with Crippen molar-refractivity contribution in [1.29, 1.82) is 0 Å². The summed E-state index contributed by atoms with van der Waals surface area (Å²) in [5.41, 5.74) is 0.707. The van der Waals surface area contributed by atoms with Crippen LogP contribution in [0.15, 0.2) is 24.3 Å². The molecule has 0 aliphatic heterocycles. The normalized spacial score (nSPS) is 13.2. The average molecular weight is 366 g/mol. The number of fused-ring (bicyclic) bond motifs is 1. The van der Waals surface area contributed by atoms with Crippen LogP contribution in [0, 0.1) is 6.92 Å². The predicted molar refractivity (Wildman–Crippen MR) is 87.8 cm³/mol. The second-order valence-corrected chi connectivity index (χ2v) is 5.82. The van der Waals surface area contributed by atoms with Crippen LogP contribution in [0.3, 0.4) is 0 Å². The molecule has 2 heterocycles. The standard InChI is InChI=1S/C17H17F3N4O2/c1-9(11-4-6-12(7-5-11)17(18,19)20)24-15-14(13(8-25)23-24)16(26-3)22-10(2)21-15/h4-7,9,25H,8H2,1-3H3. The molecule has 6 nitrogen and oxygen atoms in total. The van der Waals surface area contributed by atoms with E-state index in [0.717, 1.165) is 12.1 Å². The lowest BCUT2D eigenvalue weighted by Crippen LogP contribution is -2.11. The van der Waals surface area contributed by atoms with E-state index in [4.69, 9.17) is 4.74 Å². The van der Waals surface area contributed by atoms with Crippen molar-refractivity contribution in [2.24, 2.45) is 0 Å². The molecule has 0 saturated carbocycles. The maximum atomic E-state index is 12.8. The van der Waals surface area contributed by atoms with Crippen LogP contribution in [0.2, 0.25) is 0 Å². The highest BCUT2D eigenvalue weighted by atomic mass is 19.4. The molecule has 0 spiro atoms. The predicted octanol–water partition coefficient (Wildman–Crippen LogP) is 3.26. The number of aromatic nitrogens is 4. The van der Waals surface area contributed by atoms with E-state index in [9.17, 15) is 18.3 Å². The number of aliphatic hydroxyl groups is 1. The minimum absolute atomic E-state index is 0.294. The number of rotatable bonds is 4. The van der Waals surface area contributed by atoms with Gasteiger partial charge in [0.15, 0.2) is 5.65 Å². The smallest absolute Gasteiger partial charge is 0.416 e. The summed E-state index contributed by atoms with van der Waals surface area (Å²) in [5.74, 6) is 0.752. The van der Waals surface area contributed by atoms with E-state index in [2.05, 4.69) is 15.1 Å². The van der Waals surface area contributed by atoms with Gasteiger partial charge in [0.2, 0.25) is 5.88 Å². The van der Waals surface area contributed by atoms with E-state index in [-0.39, 0.29) is 6.61 Å². The van der Waals surface area contributed by atoms with Crippen LogP contribution in [-0.4, -0.2) is 32.0 Å². The molecule has 3 aromatic rings. The highest BCUT2D eigenvalue weighted by Gasteiger charge is 2.30. The van der Waals surface area contributed by atoms with Crippen molar-refractivity contribution in [3.63, 3.8) is 0 Å². The van der Waals surface area contributed by atoms with E-state index in [1.165, 1.54) is 19.2 Å². The summed E-state index contributed by atoms with van der Waals surface area (Å²) >= 11 is 0. The van der Waals surface area contributed by atoms with Gasteiger partial charge in [-0.05, 0) is 31.5 Å². The first-order chi connectivity index (χ1) is 12.3. The minimum atomic E-state index is -4.39. The van der Waals surface area contributed by atoms with Crippen LogP contribution >= 0.6 is 0 Å². The summed E-state index contributed by atoms with van der Waals surface area (Å²) in [6, 6.07) is 4.48. The quantitative estimate of drug-likeness (QED) is 0.767. The van der Waals surface area contributed by atoms with Gasteiger partial charge < -0.3 is 9.84 Å². The van der Waals surface area contributed by atoms with Gasteiger partial charge in [-0.25, -0.2) is 9.67 Å². The lowest BCUT2D eigenvalue weighted by atomic mass is 10.1. The zero-order valence-corrected chi connectivity index (χ0v) is 14.4. The molecule has 0 saturated heterocycles. The maximum absolute atomic E-state index is 12.8. The van der Waals surface area contributed by atoms with Gasteiger partial charge in [0.1, 0.15) is 16.9 Å². The van der Waals surface area contributed by atoms with Crippen molar-refractivity contribution in [3.05, 3.63) is 46.9 Å². The van der Waals surface area contributed by atoms with Crippen LogP contribution in [0.4, 0.5) is 13.2 Å². The van der Waals surface area contributed by atoms with E-state index in [1.807, 2.05) is 0 Å². The number of benzene rings is 1. The zero-order valence-electron chi connectivity index (χ0n) is 14.4. The lowest BCUT2D eigenvalue weighted by molar-refractivity contribution is -0.137. The number of halogens is 3. The molecular formula is C17H17F3N4O2. The summed E-state index contributed by atoms with van der Waals surface area (Å²) in [7, 11) is 1.46. The molecule has 3 rings (SSSR count). The summed E-state index contributed by atoms with van der Waals surface area (Å²) in [6.45, 7) is 3.15. The van der Waals surface area contributed by atoms with Crippen molar-refractivity contribution in [3.8, 4) is 5.88 Å². The van der Waals surface area contributed by atoms with E-state index in [0.29, 0.717) is 34.0 Å². The molecule has 0 bridgehead atoms. The number of ether oxygens (including phenoxy) is 1. The molecule has 1 N–H and O–H groups in total. The zero-order chi connectivity index (χ0) is 19.1. The lowest BCUT2D eigenvalue weighted by Gasteiger charge is -2.15. The van der Waals surface area contributed by atoms with Crippen molar-refractivity contribution < 1.29 is 23.0 Å². The summed E-state index contributed by atoms with van der Waals surface area (Å²) in [6.07, 6.45) is -4.39. The van der Waals surface area contributed by atoms with Crippen LogP contribution in [0.25, 0.3) is 11.0 Å². The van der Waals surface area contributed by atoms with Crippen LogP contribution in [0.5, 0.6) is 5.88 Å². The Morgan fingerprint density at radius 3 is 2.38 bits per heavy atom. The Morgan fingerprint density at radius 2 is 1.85 bits per heavy atom. The number of nitrogens with zero attached hydrogens (tertiary/aromatic N) is 4. The van der Waals surface area contributed by atoms with Gasteiger partial charge in [-0.1, -0.05) is 12.1 Å². The van der Waals surface area contributed by atoms with Gasteiger partial charge in [-0.15, -0.1) is 0 Å². The Morgan fingerprint density at radius 1 is 1.19 bits per heavy atom. The molecule has 1 atom stereocenters. The van der Waals surface area contributed by atoms with Gasteiger partial charge in [-0.2, -0.15) is 23.3 Å². The molecule has 0 radical (unpaired) electrons. The van der Waals surface area contributed by atoms with Gasteiger partial charge in [0, 0.05) is 0 Å². The average Bonchev–Trinajstić information content (AvgIpc) is 2.98. The minimum Gasteiger partial charge on any atom is -0.480 e. The Labute approximate surface area is 147 Å². The molecule has 0 amide bonds. The van der Waals surface area contributed by atoms with Crippen molar-refractivity contribution in [2.45, 2.75) is 32.7 Å². The first kappa shape index (κ1) is 18.1. The van der Waals surface area contributed by atoms with Gasteiger partial charge >= 0.3 is 6.18 Å². The summed E-state index contributed by atoms with van der Waals surface area (Å²) < 4.78 is 45.1. The van der Waals surface area contributed by atoms with Crippen LogP contribution < -0.4 is 4.74 Å². The molecule has 1 unspecified atom stereocenters. The van der Waals surface area contributed by atoms with Crippen LogP contribution in [-0.2, 0) is 12.8 Å². The van der Waals surface area contributed by atoms with E-state index in [1.54, 1.807) is 18.5 Å². The summed E-state index contributed by atoms with van der Waals surface area (Å²) in [5, 5.41) is 14.5. The van der Waals surface area contributed by atoms with Gasteiger partial charge in [0.05, 0.1) is 25.3 Å². The molecule has 0 aliphatic carbocycles. The molecule has 2 aromatic heterocycles. The Bertz CT molecular complexity index is 936. The van der Waals surface area contributed by atoms with Gasteiger partial charge in [0.25, 0.3) is 0 Å². The number of aliphatic hydroxyl groups excluding tert-OH is 1. The van der Waals surface area contributed by atoms with Crippen molar-refractivity contribution in [1.82, 2.24) is 19.7 Å². The highest BCUT2D eigenvalue weighted by Crippen LogP contribution is 2.32. The SMILES string of the molecule is COc1nc(C)nc2c1c(CO)nn2C(C)c1ccc(C(F)(F)F)cc1. The molecular weight excluding hydrogens is 349 g/mol. The van der Waals surface area contributed by atoms with E-state index >= 15 is 0 Å². The third-order valence-electron chi connectivity index (χ3n) is 4.13. The summed E-state index contributed by atoms with van der Waals surface area (Å²) in [4.78, 5) is 8.56. The fourth-order valence-electron chi connectivity index (χ4n) is 2.80. The third-order valence-corrected chi connectivity index (χ3v) is 4.13. The molecule has 0 aliphatic rings. The Kier molecular flexibility index (Phi) is 4.57. The monoisotopic (exact) mass is 366 g/mol. The number of methoxy groups -OCH3 is 1. The van der Waals surface area contributed by atoms with Gasteiger partial charge in [-0.3, -0.25) is 0 Å². The second-order valence-electron chi connectivity index (χ2n) is 5.82. The largest absolute Gasteiger partial charge is 0.480 e. The fourth-order valence-corrected chi connectivity index (χ4v) is 2.80. The number of hydrogen-bond donors (Lipinski definition) is 1. The molecule has 0 fully saturated rings. The second kappa shape index (κ2) is 6.56. The molecule has 1 aromatic carbocycles. The first-order valence-corrected chi connectivity index (χ1v) is 7.84. The van der Waals surface area contributed by atoms with Crippen molar-refractivity contribution in [2.75, 3.05) is 7.11 Å². The van der Waals surface area contributed by atoms with Crippen molar-refractivity contribution >= 4 is 11.0 Å². The van der Waals surface area contributed by atoms with Crippen LogP contribution in [0.1, 0.15) is 35.6 Å². The highest BCUT2D eigenvalue weighted by molar-refractivity contribution is 5.84. The number of alkyl halides is 3. The number of hydrogen-bond acceptors (Lipinski definition) is 5. The Balaban J connectivity index is 2.11. The molecule has 9 heteroatoms. The van der Waals surface area contributed by atoms with E-state index < -0.39 is 17.8 Å². The number of aryl methyl sites for hydroxylation is 1. The third kappa shape index (κ3) is 3.10. The molecule has 26 heavy (non-hydrogen) atoms. The first-order valence-electron chi connectivity index (χ1n) is 7.84. The fraction of sp³-hybridized carbons (Fsp3) is 0.353. The topological polar surface area (TPSA) is 73.1 Å². The Hall–Kier alpha value is -2.68. The maximum Gasteiger partial charge on any atom is 0.416 e. The molecule has 138 valence electrons.